The number of likely N-dealkylation sites (tertiary alicyclic amines) is 1. The Labute approximate surface area is 216 Å². The molecule has 190 valence electrons. The van der Waals surface area contributed by atoms with E-state index in [4.69, 9.17) is 4.74 Å². The molecule has 3 aromatic rings. The molecule has 5 rings (SSSR count). The van der Waals surface area contributed by atoms with Crippen LogP contribution in [-0.2, 0) is 20.9 Å². The van der Waals surface area contributed by atoms with Gasteiger partial charge >= 0.3 is 12.1 Å². The van der Waals surface area contributed by atoms with Gasteiger partial charge in [-0.3, -0.25) is 9.69 Å². The number of hydrogen-bond acceptors (Lipinski definition) is 4. The molecule has 37 heavy (non-hydrogen) atoms. The number of fused-ring (bicyclic) bond motifs is 2. The average Bonchev–Trinajstić information content (AvgIpc) is 3.22. The SMILES string of the molecule is Cc1ccc(COC(=O)N2C3CC[C@@H]2[C@@H](C(=O)O)N(C(=O)C(c2ccccc2)c2ccccc2)C3)cc1. The minimum atomic E-state index is -1.15. The molecule has 2 fully saturated rings. The lowest BCUT2D eigenvalue weighted by Gasteiger charge is -2.45. The normalized spacial score (nSPS) is 20.6. The van der Waals surface area contributed by atoms with Gasteiger partial charge in [0.05, 0.1) is 18.0 Å². The maximum atomic E-state index is 14.1. The topological polar surface area (TPSA) is 87.2 Å². The molecule has 0 radical (unpaired) electrons. The van der Waals surface area contributed by atoms with E-state index in [-0.39, 0.29) is 25.1 Å². The summed E-state index contributed by atoms with van der Waals surface area (Å²) in [5.41, 5.74) is 3.58. The quantitative estimate of drug-likeness (QED) is 0.537. The molecule has 1 unspecified atom stereocenters. The highest BCUT2D eigenvalue weighted by atomic mass is 16.6. The van der Waals surface area contributed by atoms with Crippen LogP contribution in [0, 0.1) is 6.92 Å². The fourth-order valence-electron chi connectivity index (χ4n) is 5.60. The zero-order valence-electron chi connectivity index (χ0n) is 20.7. The van der Waals surface area contributed by atoms with Crippen molar-refractivity contribution in [1.29, 1.82) is 0 Å². The Morgan fingerprint density at radius 1 is 0.892 bits per heavy atom. The Hall–Kier alpha value is -4.13. The molecule has 0 aliphatic carbocycles. The Balaban J connectivity index is 1.40. The summed E-state index contributed by atoms with van der Waals surface area (Å²) >= 11 is 0. The van der Waals surface area contributed by atoms with Crippen LogP contribution in [0.15, 0.2) is 84.9 Å². The number of hydrogen-bond donors (Lipinski definition) is 1. The number of nitrogens with zero attached hydrogens (tertiary/aromatic N) is 2. The van der Waals surface area contributed by atoms with Crippen molar-refractivity contribution in [3.05, 3.63) is 107 Å². The number of aryl methyl sites for hydroxylation is 1. The van der Waals surface area contributed by atoms with Crippen molar-refractivity contribution >= 4 is 18.0 Å². The second-order valence-electron chi connectivity index (χ2n) is 9.77. The average molecular weight is 499 g/mol. The molecule has 0 aromatic heterocycles. The van der Waals surface area contributed by atoms with Crippen LogP contribution in [0.2, 0.25) is 0 Å². The predicted octanol–water partition coefficient (Wildman–Crippen LogP) is 4.59. The lowest BCUT2D eigenvalue weighted by Crippen LogP contribution is -2.65. The number of carbonyl (C=O) groups excluding carboxylic acids is 2. The van der Waals surface area contributed by atoms with Crippen molar-refractivity contribution in [2.45, 2.75) is 50.4 Å². The highest BCUT2D eigenvalue weighted by Crippen LogP contribution is 2.38. The van der Waals surface area contributed by atoms with Crippen molar-refractivity contribution in [1.82, 2.24) is 9.80 Å². The van der Waals surface area contributed by atoms with Crippen molar-refractivity contribution in [3.8, 4) is 0 Å². The molecule has 2 amide bonds. The summed E-state index contributed by atoms with van der Waals surface area (Å²) in [6.45, 7) is 2.25. The predicted molar refractivity (Wildman–Crippen MR) is 138 cm³/mol. The molecule has 3 atom stereocenters. The third kappa shape index (κ3) is 4.94. The minimum absolute atomic E-state index is 0.111. The van der Waals surface area contributed by atoms with Gasteiger partial charge in [-0.15, -0.1) is 0 Å². The summed E-state index contributed by atoms with van der Waals surface area (Å²) in [5.74, 6) is -2.02. The summed E-state index contributed by atoms with van der Waals surface area (Å²) in [6.07, 6.45) is 0.597. The molecule has 2 aliphatic heterocycles. The van der Waals surface area contributed by atoms with Crippen molar-refractivity contribution in [2.24, 2.45) is 0 Å². The monoisotopic (exact) mass is 498 g/mol. The highest BCUT2D eigenvalue weighted by molar-refractivity contribution is 5.92. The van der Waals surface area contributed by atoms with Crippen LogP contribution in [0.4, 0.5) is 4.79 Å². The fraction of sp³-hybridized carbons (Fsp3) is 0.300. The molecule has 7 nitrogen and oxygen atoms in total. The van der Waals surface area contributed by atoms with E-state index in [9.17, 15) is 19.5 Å². The van der Waals surface area contributed by atoms with Crippen LogP contribution in [0.1, 0.15) is 41.0 Å². The van der Waals surface area contributed by atoms with E-state index in [2.05, 4.69) is 0 Å². The van der Waals surface area contributed by atoms with Crippen molar-refractivity contribution < 1.29 is 24.2 Å². The van der Waals surface area contributed by atoms with Crippen molar-refractivity contribution in [3.63, 3.8) is 0 Å². The van der Waals surface area contributed by atoms with Gasteiger partial charge in [0.25, 0.3) is 0 Å². The van der Waals surface area contributed by atoms with Crippen molar-refractivity contribution in [2.75, 3.05) is 6.54 Å². The van der Waals surface area contributed by atoms with Gasteiger partial charge in [0.15, 0.2) is 0 Å². The van der Waals surface area contributed by atoms with Gasteiger partial charge < -0.3 is 14.7 Å². The van der Waals surface area contributed by atoms with Gasteiger partial charge in [0, 0.05) is 6.54 Å². The van der Waals surface area contributed by atoms with E-state index in [1.54, 1.807) is 4.90 Å². The smallest absolute Gasteiger partial charge is 0.410 e. The second-order valence-corrected chi connectivity index (χ2v) is 9.77. The first-order valence-corrected chi connectivity index (χ1v) is 12.6. The third-order valence-corrected chi connectivity index (χ3v) is 7.40. The Morgan fingerprint density at radius 3 is 2.05 bits per heavy atom. The number of rotatable bonds is 6. The fourth-order valence-corrected chi connectivity index (χ4v) is 5.60. The third-order valence-electron chi connectivity index (χ3n) is 7.40. The molecule has 2 bridgehead atoms. The Morgan fingerprint density at radius 2 is 1.49 bits per heavy atom. The second kappa shape index (κ2) is 10.5. The van der Waals surface area contributed by atoms with Gasteiger partial charge in [-0.25, -0.2) is 9.59 Å². The number of carbonyl (C=O) groups is 3. The van der Waals surface area contributed by atoms with Gasteiger partial charge in [0.1, 0.15) is 12.6 Å². The maximum absolute atomic E-state index is 14.1. The van der Waals surface area contributed by atoms with E-state index in [0.29, 0.717) is 12.8 Å². The molecule has 3 aromatic carbocycles. The van der Waals surface area contributed by atoms with Gasteiger partial charge in [-0.1, -0.05) is 90.5 Å². The first kappa shape index (κ1) is 24.6. The molecule has 2 heterocycles. The summed E-state index contributed by atoms with van der Waals surface area (Å²) in [6, 6.07) is 24.5. The van der Waals surface area contributed by atoms with E-state index in [0.717, 1.165) is 22.3 Å². The lowest BCUT2D eigenvalue weighted by molar-refractivity contribution is -0.156. The lowest BCUT2D eigenvalue weighted by atomic mass is 9.88. The number of piperazine rings is 1. The van der Waals surface area contributed by atoms with Gasteiger partial charge in [-0.05, 0) is 36.5 Å². The number of carboxylic acid groups (broad SMARTS) is 1. The number of benzene rings is 3. The van der Waals surface area contributed by atoms with Crippen LogP contribution in [-0.4, -0.2) is 57.5 Å². The van der Waals surface area contributed by atoms with Gasteiger partial charge in [0.2, 0.25) is 5.91 Å². The summed E-state index contributed by atoms with van der Waals surface area (Å²) in [4.78, 5) is 42.8. The zero-order chi connectivity index (χ0) is 25.9. The summed E-state index contributed by atoms with van der Waals surface area (Å²) in [7, 11) is 0. The van der Waals surface area contributed by atoms with Crippen LogP contribution < -0.4 is 0 Å². The van der Waals surface area contributed by atoms with Gasteiger partial charge in [-0.2, -0.15) is 0 Å². The molecule has 1 N–H and O–H groups in total. The van der Waals surface area contributed by atoms with Crippen LogP contribution in [0.5, 0.6) is 0 Å². The number of aliphatic carboxylic acids is 1. The maximum Gasteiger partial charge on any atom is 0.410 e. The standard InChI is InChI=1S/C30H30N2O5/c1-20-12-14-21(15-13-20)19-37-30(36)32-24-16-17-25(32)27(29(34)35)31(18-24)28(33)26(22-8-4-2-5-9-22)23-10-6-3-7-11-23/h2-15,24-27H,16-19H2,1H3,(H,34,35)/t24?,25-,27+/m1/s1. The summed E-state index contributed by atoms with van der Waals surface area (Å²) in [5, 5.41) is 10.3. The molecular formula is C30H30N2O5. The largest absolute Gasteiger partial charge is 0.480 e. The molecule has 2 saturated heterocycles. The molecule has 0 saturated carbocycles. The molecular weight excluding hydrogens is 468 g/mol. The first-order chi connectivity index (χ1) is 17.9. The van der Waals surface area contributed by atoms with Crippen LogP contribution in [0.3, 0.4) is 0 Å². The number of carboxylic acids is 1. The molecule has 2 aliphatic rings. The van der Waals surface area contributed by atoms with Crippen LogP contribution in [0.25, 0.3) is 0 Å². The molecule has 7 heteroatoms. The highest BCUT2D eigenvalue weighted by Gasteiger charge is 2.54. The van der Waals surface area contributed by atoms with E-state index < -0.39 is 30.1 Å². The Kier molecular flexibility index (Phi) is 6.95. The molecule has 0 spiro atoms. The minimum Gasteiger partial charge on any atom is -0.480 e. The van der Waals surface area contributed by atoms with E-state index in [1.807, 2.05) is 91.9 Å². The zero-order valence-corrected chi connectivity index (χ0v) is 20.7. The van der Waals surface area contributed by atoms with E-state index >= 15 is 0 Å². The Bertz CT molecular complexity index is 1220. The number of amides is 2. The summed E-state index contributed by atoms with van der Waals surface area (Å²) < 4.78 is 5.59. The van der Waals surface area contributed by atoms with Crippen LogP contribution >= 0.6 is 0 Å². The number of ether oxygens (including phenoxy) is 1. The first-order valence-electron chi connectivity index (χ1n) is 12.6. The van der Waals surface area contributed by atoms with E-state index in [1.165, 1.54) is 4.90 Å².